The van der Waals surface area contributed by atoms with Crippen LogP contribution in [0.4, 0.5) is 5.69 Å². The van der Waals surface area contributed by atoms with Crippen molar-refractivity contribution in [1.29, 1.82) is 0 Å². The van der Waals surface area contributed by atoms with Crippen LogP contribution in [0.15, 0.2) is 53.3 Å². The molecule has 0 bridgehead atoms. The number of rotatable bonds is 3. The van der Waals surface area contributed by atoms with Crippen molar-refractivity contribution >= 4 is 28.6 Å². The molecule has 0 saturated carbocycles. The summed E-state index contributed by atoms with van der Waals surface area (Å²) in [5.41, 5.74) is 0.826. The van der Waals surface area contributed by atoms with Gasteiger partial charge in [0.05, 0.1) is 6.61 Å². The average Bonchev–Trinajstić information content (AvgIpc) is 2.88. The molecule has 7 heteroatoms. The Balaban J connectivity index is 1.94. The van der Waals surface area contributed by atoms with Crippen molar-refractivity contribution < 1.29 is 23.8 Å². The number of carbonyl (C=O) groups excluding carboxylic acids is 1. The van der Waals surface area contributed by atoms with Crippen molar-refractivity contribution in [3.8, 4) is 5.75 Å². The molecule has 2 N–H and O–H groups in total. The van der Waals surface area contributed by atoms with Gasteiger partial charge in [-0.1, -0.05) is 12.1 Å². The lowest BCUT2D eigenvalue weighted by Crippen LogP contribution is -2.49. The van der Waals surface area contributed by atoms with Crippen LogP contribution in [0, 0.1) is 0 Å². The number of ether oxygens (including phenoxy) is 1. The molecule has 3 aromatic rings. The highest BCUT2D eigenvalue weighted by molar-refractivity contribution is 5.94. The van der Waals surface area contributed by atoms with E-state index in [4.69, 9.17) is 4.74 Å². The number of nitrogens with one attached hydrogen (secondary N) is 1. The Kier molecular flexibility index (Phi) is 3.35. The first kappa shape index (κ1) is 15.1. The molecule has 0 saturated heterocycles. The van der Waals surface area contributed by atoms with Crippen LogP contribution in [0.1, 0.15) is 17.4 Å². The molecule has 2 heterocycles. The van der Waals surface area contributed by atoms with E-state index in [1.807, 2.05) is 6.92 Å². The number of aromatic nitrogens is 2. The molecule has 124 valence electrons. The molecule has 0 radical (unpaired) electrons. The summed E-state index contributed by atoms with van der Waals surface area (Å²) in [5, 5.41) is 10.7. The molecule has 1 amide bonds. The van der Waals surface area contributed by atoms with Gasteiger partial charge in [-0.3, -0.25) is 4.79 Å². The van der Waals surface area contributed by atoms with Gasteiger partial charge in [0.2, 0.25) is 11.2 Å². The fourth-order valence-corrected chi connectivity index (χ4v) is 2.97. The molecule has 0 atom stereocenters. The van der Waals surface area contributed by atoms with E-state index in [-0.39, 0.29) is 11.7 Å². The van der Waals surface area contributed by atoms with E-state index in [1.165, 1.54) is 4.57 Å². The predicted molar refractivity (Wildman–Crippen MR) is 89.7 cm³/mol. The van der Waals surface area contributed by atoms with Gasteiger partial charge in [-0.15, -0.1) is 0 Å². The van der Waals surface area contributed by atoms with Crippen LogP contribution >= 0.6 is 0 Å². The largest absolute Gasteiger partial charge is 0.645 e. The third-order valence-corrected chi connectivity index (χ3v) is 4.04. The molecule has 1 aromatic heterocycles. The molecule has 0 unspecified atom stereocenters. The summed E-state index contributed by atoms with van der Waals surface area (Å²) >= 11 is 0. The lowest BCUT2D eigenvalue weighted by atomic mass is 10.2. The molecule has 1 aliphatic rings. The topological polar surface area (TPSA) is 86.3 Å². The van der Waals surface area contributed by atoms with Crippen LogP contribution in [-0.2, 0) is 0 Å². The van der Waals surface area contributed by atoms with Crippen LogP contribution in [0.2, 0.25) is 0 Å². The normalized spacial score (nSPS) is 13.4. The summed E-state index contributed by atoms with van der Waals surface area (Å²) in [5.74, 6) is 0.0690. The summed E-state index contributed by atoms with van der Waals surface area (Å²) < 4.78 is 7.76. The second-order valence-electron chi connectivity index (χ2n) is 5.52. The van der Waals surface area contributed by atoms with E-state index in [0.717, 1.165) is 4.58 Å². The number of hydrogen-bond acceptors (Lipinski definition) is 3. The van der Waals surface area contributed by atoms with E-state index in [1.54, 1.807) is 48.5 Å². The van der Waals surface area contributed by atoms with Crippen molar-refractivity contribution in [3.63, 3.8) is 0 Å². The number of para-hydroxylation sites is 2. The van der Waals surface area contributed by atoms with Gasteiger partial charge in [-0.2, -0.15) is 0 Å². The van der Waals surface area contributed by atoms with Gasteiger partial charge in [0.15, 0.2) is 0 Å². The maximum absolute atomic E-state index is 12.8. The fraction of sp³-hybridized carbons (Fsp3) is 0.111. The number of carbonyl (C=O) groups is 1. The predicted octanol–water partition coefficient (Wildman–Crippen LogP) is 1.47. The standard InChI is InChI=1S/C18H13N3O4/c1-2-25-12-9-7-11(8-10-12)20-17(23)15-16(22)19-13-5-3-4-6-14(13)21(15)18(20)24/h3-10H,2H2,1H3/p+2. The van der Waals surface area contributed by atoms with Gasteiger partial charge in [0.1, 0.15) is 11.3 Å². The van der Waals surface area contributed by atoms with E-state index in [2.05, 4.69) is 4.98 Å². The fourth-order valence-electron chi connectivity index (χ4n) is 2.97. The number of hydrogen-bond donors (Lipinski definition) is 2. The van der Waals surface area contributed by atoms with Crippen molar-refractivity contribution in [2.24, 2.45) is 0 Å². The third kappa shape index (κ3) is 2.20. The Labute approximate surface area is 142 Å². The highest BCUT2D eigenvalue weighted by Crippen LogP contribution is 2.21. The maximum Gasteiger partial charge on any atom is 0.645 e. The zero-order chi connectivity index (χ0) is 17.6. The van der Waals surface area contributed by atoms with Crippen molar-refractivity contribution in [2.45, 2.75) is 6.92 Å². The molecule has 7 nitrogen and oxygen atoms in total. The second-order valence-corrected chi connectivity index (χ2v) is 5.52. The number of aliphatic hydroxyl groups excluding tert-OH is 1. The second kappa shape index (κ2) is 5.55. The van der Waals surface area contributed by atoms with Gasteiger partial charge < -0.3 is 14.8 Å². The molecular formula is C18H15N3O4+2. The van der Waals surface area contributed by atoms with Crippen LogP contribution in [0.3, 0.4) is 0 Å². The molecule has 1 aliphatic heterocycles. The minimum absolute atomic E-state index is 0.134. The maximum atomic E-state index is 12.8. The van der Waals surface area contributed by atoms with E-state index in [9.17, 15) is 14.7 Å². The van der Waals surface area contributed by atoms with Crippen LogP contribution < -0.4 is 14.9 Å². The van der Waals surface area contributed by atoms with Crippen molar-refractivity contribution in [1.82, 2.24) is 4.98 Å². The molecule has 0 spiro atoms. The molecule has 25 heavy (non-hydrogen) atoms. The monoisotopic (exact) mass is 337 g/mol. The summed E-state index contributed by atoms with van der Waals surface area (Å²) in [4.78, 5) is 27.8. The van der Waals surface area contributed by atoms with Crippen molar-refractivity contribution in [3.05, 3.63) is 64.6 Å². The lowest BCUT2D eigenvalue weighted by molar-refractivity contribution is -0.569. The van der Waals surface area contributed by atoms with E-state index < -0.39 is 11.5 Å². The Hall–Kier alpha value is -3.48. The number of nitrogens with zero attached hydrogens (tertiary/aromatic N) is 2. The first-order valence-corrected chi connectivity index (χ1v) is 7.82. The Morgan fingerprint density at radius 3 is 2.52 bits per heavy atom. The minimum Gasteiger partial charge on any atom is -0.494 e. The summed E-state index contributed by atoms with van der Waals surface area (Å²) in [6, 6.07) is 13.4. The van der Waals surface area contributed by atoms with Gasteiger partial charge in [-0.25, -0.2) is 4.79 Å². The minimum atomic E-state index is -0.589. The zero-order valence-corrected chi connectivity index (χ0v) is 13.4. The zero-order valence-electron chi connectivity index (χ0n) is 13.4. The average molecular weight is 337 g/mol. The summed E-state index contributed by atoms with van der Waals surface area (Å²) in [6.07, 6.45) is 0. The molecule has 2 aromatic carbocycles. The summed E-state index contributed by atoms with van der Waals surface area (Å²) in [6.45, 7) is 2.41. The number of fused-ring (bicyclic) bond motifs is 3. The van der Waals surface area contributed by atoms with Gasteiger partial charge in [0, 0.05) is 18.2 Å². The van der Waals surface area contributed by atoms with Gasteiger partial charge >= 0.3 is 23.2 Å². The quantitative estimate of drug-likeness (QED) is 0.709. The number of aromatic amines is 1. The highest BCUT2D eigenvalue weighted by atomic mass is 16.5. The van der Waals surface area contributed by atoms with E-state index >= 15 is 0 Å². The third-order valence-electron chi connectivity index (χ3n) is 4.04. The first-order valence-electron chi connectivity index (χ1n) is 7.82. The molecule has 0 fully saturated rings. The highest BCUT2D eigenvalue weighted by Gasteiger charge is 2.53. The summed E-state index contributed by atoms with van der Waals surface area (Å²) in [7, 11) is 0. The Bertz CT molecular complexity index is 1100. The smallest absolute Gasteiger partial charge is 0.494 e. The number of H-pyrrole nitrogens is 1. The molecule has 4 rings (SSSR count). The van der Waals surface area contributed by atoms with Crippen LogP contribution in [0.25, 0.3) is 11.0 Å². The van der Waals surface area contributed by atoms with E-state index in [0.29, 0.717) is 29.1 Å². The molecule has 0 aliphatic carbocycles. The van der Waals surface area contributed by atoms with Gasteiger partial charge in [-0.05, 0) is 34.3 Å². The van der Waals surface area contributed by atoms with Gasteiger partial charge in [0.25, 0.3) is 0 Å². The van der Waals surface area contributed by atoms with Crippen LogP contribution in [0.5, 0.6) is 5.75 Å². The molecular weight excluding hydrogens is 322 g/mol. The van der Waals surface area contributed by atoms with Crippen LogP contribution in [-0.4, -0.2) is 33.2 Å². The number of amides is 1. The number of benzene rings is 2. The first-order chi connectivity index (χ1) is 12.1. The lowest BCUT2D eigenvalue weighted by Gasteiger charge is -2.00. The Morgan fingerprint density at radius 2 is 1.80 bits per heavy atom. The Morgan fingerprint density at radius 1 is 1.08 bits per heavy atom. The SMILES string of the molecule is CCOc1ccc([N+]2=C(O)[n+]3c(c(=O)[nH]c4ccccc43)C2=O)cc1. The number of aliphatic hydroxyl groups is 1. The van der Waals surface area contributed by atoms with Crippen molar-refractivity contribution in [2.75, 3.05) is 6.61 Å².